The molecule has 5 atom stereocenters. The number of carbonyl (C=O) groups is 1. The Morgan fingerprint density at radius 2 is 2.05 bits per heavy atom. The lowest BCUT2D eigenvalue weighted by atomic mass is 9.75. The van der Waals surface area contributed by atoms with E-state index in [1.54, 1.807) is 0 Å². The third-order valence-corrected chi connectivity index (χ3v) is 5.99. The fraction of sp³-hybridized carbons (Fsp3) is 0.526. The van der Waals surface area contributed by atoms with Crippen molar-refractivity contribution >= 4 is 6.29 Å². The normalized spacial score (nSPS) is 38.2. The zero-order valence-electron chi connectivity index (χ0n) is 12.7. The molecule has 2 heteroatoms. The average molecular weight is 281 g/mol. The van der Waals surface area contributed by atoms with Crippen molar-refractivity contribution in [3.8, 4) is 0 Å². The summed E-state index contributed by atoms with van der Waals surface area (Å²) in [4.78, 5) is 13.5. The molecule has 3 aliphatic rings. The highest BCUT2D eigenvalue weighted by Crippen LogP contribution is 2.54. The van der Waals surface area contributed by atoms with Crippen LogP contribution in [0, 0.1) is 5.92 Å². The molecule has 1 saturated carbocycles. The molecule has 1 saturated heterocycles. The molecule has 21 heavy (non-hydrogen) atoms. The van der Waals surface area contributed by atoms with Crippen LogP contribution in [0.4, 0.5) is 0 Å². The molecule has 2 fully saturated rings. The fourth-order valence-electron chi connectivity index (χ4n) is 4.60. The minimum Gasteiger partial charge on any atom is -0.298 e. The van der Waals surface area contributed by atoms with Crippen molar-refractivity contribution < 1.29 is 4.79 Å². The molecule has 0 radical (unpaired) electrons. The Morgan fingerprint density at radius 3 is 2.81 bits per heavy atom. The highest BCUT2D eigenvalue weighted by Gasteiger charge is 2.61. The Hall–Kier alpha value is -1.41. The Balaban J connectivity index is 1.57. The van der Waals surface area contributed by atoms with Crippen molar-refractivity contribution in [3.05, 3.63) is 47.5 Å². The van der Waals surface area contributed by atoms with Crippen molar-refractivity contribution in [2.75, 3.05) is 6.54 Å². The second-order valence-electron chi connectivity index (χ2n) is 7.03. The minimum absolute atomic E-state index is 0.490. The third-order valence-electron chi connectivity index (χ3n) is 5.99. The summed E-state index contributed by atoms with van der Waals surface area (Å²) in [6.07, 6.45) is 11.4. The van der Waals surface area contributed by atoms with E-state index in [4.69, 9.17) is 0 Å². The van der Waals surface area contributed by atoms with Crippen LogP contribution in [0.15, 0.2) is 36.4 Å². The lowest BCUT2D eigenvalue weighted by Crippen LogP contribution is -2.40. The van der Waals surface area contributed by atoms with Crippen LogP contribution < -0.4 is 0 Å². The predicted octanol–water partition coefficient (Wildman–Crippen LogP) is 3.79. The third kappa shape index (κ3) is 2.00. The summed E-state index contributed by atoms with van der Waals surface area (Å²) in [5.41, 5.74) is 2.61. The number of benzene rings is 1. The molecule has 0 N–H and O–H groups in total. The van der Waals surface area contributed by atoms with E-state index in [9.17, 15) is 4.79 Å². The standard InChI is InChI=1S/C19H23NO/c1-14(16-7-5-15(12-21)6-8-16)18-10-9-17-4-2-3-11-19(17)13-20(18)19/h5-10,12,14,17-18H,2-4,11,13H2,1H3/t14-,17-,18+,19-,20?/m1/s1. The lowest BCUT2D eigenvalue weighted by Gasteiger charge is -2.38. The smallest absolute Gasteiger partial charge is 0.150 e. The summed E-state index contributed by atoms with van der Waals surface area (Å²) in [7, 11) is 0. The van der Waals surface area contributed by atoms with Gasteiger partial charge in [-0.15, -0.1) is 0 Å². The topological polar surface area (TPSA) is 20.1 Å². The molecule has 1 unspecified atom stereocenters. The summed E-state index contributed by atoms with van der Waals surface area (Å²) < 4.78 is 0. The SMILES string of the molecule is C[C@H](c1ccc(C=O)cc1)[C@@H]1C=C[C@H]2CCCC[C@@]23CN13. The van der Waals surface area contributed by atoms with E-state index >= 15 is 0 Å². The number of hydrogen-bond donors (Lipinski definition) is 0. The maximum Gasteiger partial charge on any atom is 0.150 e. The number of aldehydes is 1. The van der Waals surface area contributed by atoms with Crippen molar-refractivity contribution in [2.45, 2.75) is 50.1 Å². The van der Waals surface area contributed by atoms with Gasteiger partial charge in [-0.1, -0.05) is 56.2 Å². The van der Waals surface area contributed by atoms with Gasteiger partial charge in [0.15, 0.2) is 0 Å². The first-order valence-corrected chi connectivity index (χ1v) is 8.25. The van der Waals surface area contributed by atoms with Gasteiger partial charge in [0, 0.05) is 29.6 Å². The Morgan fingerprint density at radius 1 is 1.24 bits per heavy atom. The molecule has 1 aliphatic carbocycles. The maximum atomic E-state index is 10.8. The van der Waals surface area contributed by atoms with E-state index in [0.717, 1.165) is 17.8 Å². The van der Waals surface area contributed by atoms with Crippen LogP contribution in [0.2, 0.25) is 0 Å². The minimum atomic E-state index is 0.490. The van der Waals surface area contributed by atoms with Crippen LogP contribution in [-0.2, 0) is 0 Å². The molecule has 1 aromatic carbocycles. The molecule has 1 spiro atoms. The van der Waals surface area contributed by atoms with Gasteiger partial charge in [0.2, 0.25) is 0 Å². The highest BCUT2D eigenvalue weighted by atomic mass is 16.1. The Bertz CT molecular complexity index is 576. The van der Waals surface area contributed by atoms with Crippen LogP contribution in [0.25, 0.3) is 0 Å². The highest BCUT2D eigenvalue weighted by molar-refractivity contribution is 5.74. The van der Waals surface area contributed by atoms with E-state index in [2.05, 4.69) is 36.1 Å². The molecular weight excluding hydrogens is 258 g/mol. The molecule has 2 nitrogen and oxygen atoms in total. The first kappa shape index (κ1) is 13.3. The first-order valence-electron chi connectivity index (χ1n) is 8.25. The first-order chi connectivity index (χ1) is 10.2. The van der Waals surface area contributed by atoms with Crippen LogP contribution in [0.5, 0.6) is 0 Å². The number of carbonyl (C=O) groups excluding carboxylic acids is 1. The molecule has 2 aliphatic heterocycles. The Labute approximate surface area is 126 Å². The lowest BCUT2D eigenvalue weighted by molar-refractivity contribution is 0.112. The Kier molecular flexibility index (Phi) is 3.04. The number of nitrogens with zero attached hydrogens (tertiary/aromatic N) is 1. The second-order valence-corrected chi connectivity index (χ2v) is 7.03. The zero-order valence-corrected chi connectivity index (χ0v) is 12.7. The van der Waals surface area contributed by atoms with E-state index in [0.29, 0.717) is 17.5 Å². The maximum absolute atomic E-state index is 10.8. The summed E-state index contributed by atoms with van der Waals surface area (Å²) in [6.45, 7) is 3.60. The van der Waals surface area contributed by atoms with Gasteiger partial charge in [-0.3, -0.25) is 9.69 Å². The fourth-order valence-corrected chi connectivity index (χ4v) is 4.60. The quantitative estimate of drug-likeness (QED) is 0.477. The van der Waals surface area contributed by atoms with Crippen molar-refractivity contribution in [1.29, 1.82) is 0 Å². The van der Waals surface area contributed by atoms with Crippen LogP contribution in [0.3, 0.4) is 0 Å². The molecule has 4 rings (SSSR count). The summed E-state index contributed by atoms with van der Waals surface area (Å²) >= 11 is 0. The van der Waals surface area contributed by atoms with Crippen molar-refractivity contribution in [1.82, 2.24) is 4.90 Å². The van der Waals surface area contributed by atoms with E-state index in [-0.39, 0.29) is 0 Å². The molecule has 0 amide bonds. The van der Waals surface area contributed by atoms with Gasteiger partial charge in [-0.2, -0.15) is 0 Å². The largest absolute Gasteiger partial charge is 0.298 e. The van der Waals surface area contributed by atoms with Gasteiger partial charge in [0.1, 0.15) is 6.29 Å². The van der Waals surface area contributed by atoms with Gasteiger partial charge in [-0.05, 0) is 24.3 Å². The van der Waals surface area contributed by atoms with Gasteiger partial charge < -0.3 is 0 Å². The van der Waals surface area contributed by atoms with Crippen molar-refractivity contribution in [3.63, 3.8) is 0 Å². The molecule has 110 valence electrons. The van der Waals surface area contributed by atoms with Crippen LogP contribution >= 0.6 is 0 Å². The zero-order chi connectivity index (χ0) is 14.4. The van der Waals surface area contributed by atoms with E-state index in [1.165, 1.54) is 37.8 Å². The summed E-state index contributed by atoms with van der Waals surface area (Å²) in [6, 6.07) is 8.64. The second kappa shape index (κ2) is 4.81. The molecule has 1 aromatic rings. The van der Waals surface area contributed by atoms with Crippen molar-refractivity contribution in [2.24, 2.45) is 5.92 Å². The van der Waals surface area contributed by atoms with Gasteiger partial charge in [-0.25, -0.2) is 0 Å². The molecule has 0 aromatic heterocycles. The monoisotopic (exact) mass is 281 g/mol. The van der Waals surface area contributed by atoms with Gasteiger partial charge in [0.05, 0.1) is 0 Å². The summed E-state index contributed by atoms with van der Waals surface area (Å²) in [5.74, 6) is 1.29. The molecular formula is C19H23NO. The predicted molar refractivity (Wildman–Crippen MR) is 84.6 cm³/mol. The average Bonchev–Trinajstić information content (AvgIpc) is 3.27. The summed E-state index contributed by atoms with van der Waals surface area (Å²) in [5, 5.41) is 0. The number of rotatable bonds is 3. The molecule has 0 bridgehead atoms. The van der Waals surface area contributed by atoms with E-state index in [1.807, 2.05) is 12.1 Å². The van der Waals surface area contributed by atoms with Gasteiger partial charge >= 0.3 is 0 Å². The van der Waals surface area contributed by atoms with E-state index < -0.39 is 0 Å². The van der Waals surface area contributed by atoms with Gasteiger partial charge in [0.25, 0.3) is 0 Å². The van der Waals surface area contributed by atoms with Crippen LogP contribution in [0.1, 0.15) is 54.4 Å². The molecule has 2 heterocycles. The van der Waals surface area contributed by atoms with Crippen LogP contribution in [-0.4, -0.2) is 29.3 Å². The number of hydrogen-bond acceptors (Lipinski definition) is 2.